The molecule has 2 unspecified atom stereocenters. The van der Waals surface area contributed by atoms with Gasteiger partial charge in [-0.2, -0.15) is 0 Å². The molecule has 6 nitrogen and oxygen atoms in total. The normalized spacial score (nSPS) is 23.8. The number of non-ortho nitro benzene ring substituents is 1. The lowest BCUT2D eigenvalue weighted by Gasteiger charge is -2.36. The molecule has 7 heteroatoms. The standard InChI is InChI=1S/C13H17FN2O4/c1-9-5-15(7-13(8-17)20-9)6-10-2-11(14)4-12(3-10)16(18)19/h2-4,9,13,17H,5-8H2,1H3. The zero-order valence-electron chi connectivity index (χ0n) is 11.2. The van der Waals surface area contributed by atoms with Gasteiger partial charge in [0.15, 0.2) is 0 Å². The Morgan fingerprint density at radius 3 is 2.90 bits per heavy atom. The Hall–Kier alpha value is -1.57. The molecule has 0 bridgehead atoms. The van der Waals surface area contributed by atoms with Gasteiger partial charge < -0.3 is 9.84 Å². The van der Waals surface area contributed by atoms with Crippen molar-refractivity contribution in [3.05, 3.63) is 39.7 Å². The van der Waals surface area contributed by atoms with Crippen molar-refractivity contribution in [3.63, 3.8) is 0 Å². The van der Waals surface area contributed by atoms with Crippen molar-refractivity contribution in [1.82, 2.24) is 4.90 Å². The Morgan fingerprint density at radius 1 is 1.50 bits per heavy atom. The number of ether oxygens (including phenoxy) is 1. The van der Waals surface area contributed by atoms with Gasteiger partial charge in [-0.15, -0.1) is 0 Å². The van der Waals surface area contributed by atoms with Crippen LogP contribution in [0.15, 0.2) is 18.2 Å². The predicted octanol–water partition coefficient (Wildman–Crippen LogP) is 1.32. The third kappa shape index (κ3) is 3.72. The first-order valence-electron chi connectivity index (χ1n) is 6.40. The van der Waals surface area contributed by atoms with E-state index in [0.29, 0.717) is 25.2 Å². The average Bonchev–Trinajstić information content (AvgIpc) is 2.37. The molecule has 110 valence electrons. The van der Waals surface area contributed by atoms with Gasteiger partial charge in [0.1, 0.15) is 5.82 Å². The van der Waals surface area contributed by atoms with Crippen LogP contribution in [0.5, 0.6) is 0 Å². The molecule has 0 aromatic heterocycles. The highest BCUT2D eigenvalue weighted by Gasteiger charge is 2.25. The number of morpholine rings is 1. The molecule has 2 rings (SSSR count). The van der Waals surface area contributed by atoms with Crippen LogP contribution in [-0.4, -0.2) is 46.8 Å². The van der Waals surface area contributed by atoms with Gasteiger partial charge >= 0.3 is 0 Å². The van der Waals surface area contributed by atoms with Crippen molar-refractivity contribution in [2.45, 2.75) is 25.7 Å². The minimum absolute atomic E-state index is 0.0376. The molecule has 1 aliphatic heterocycles. The fourth-order valence-electron chi connectivity index (χ4n) is 2.46. The quantitative estimate of drug-likeness (QED) is 0.666. The van der Waals surface area contributed by atoms with E-state index in [2.05, 4.69) is 0 Å². The second-order valence-corrected chi connectivity index (χ2v) is 5.02. The number of nitro benzene ring substituents is 1. The van der Waals surface area contributed by atoms with Crippen LogP contribution in [0.3, 0.4) is 0 Å². The van der Waals surface area contributed by atoms with Gasteiger partial charge in [-0.25, -0.2) is 4.39 Å². The summed E-state index contributed by atoms with van der Waals surface area (Å²) in [4.78, 5) is 12.1. The average molecular weight is 284 g/mol. The first kappa shape index (κ1) is 14.8. The van der Waals surface area contributed by atoms with Gasteiger partial charge in [0, 0.05) is 25.7 Å². The molecule has 1 aliphatic rings. The number of aliphatic hydroxyl groups excluding tert-OH is 1. The molecule has 1 fully saturated rings. The summed E-state index contributed by atoms with van der Waals surface area (Å²) >= 11 is 0. The molecule has 20 heavy (non-hydrogen) atoms. The van der Waals surface area contributed by atoms with Crippen molar-refractivity contribution >= 4 is 5.69 Å². The fraction of sp³-hybridized carbons (Fsp3) is 0.538. The number of hydrogen-bond acceptors (Lipinski definition) is 5. The van der Waals surface area contributed by atoms with Crippen LogP contribution in [0.25, 0.3) is 0 Å². The lowest BCUT2D eigenvalue weighted by Crippen LogP contribution is -2.47. The van der Waals surface area contributed by atoms with Gasteiger partial charge in [0.25, 0.3) is 5.69 Å². The van der Waals surface area contributed by atoms with Gasteiger partial charge in [0.2, 0.25) is 0 Å². The van der Waals surface area contributed by atoms with Crippen LogP contribution < -0.4 is 0 Å². The van der Waals surface area contributed by atoms with E-state index in [1.807, 2.05) is 11.8 Å². The third-order valence-corrected chi connectivity index (χ3v) is 3.16. The second-order valence-electron chi connectivity index (χ2n) is 5.02. The molecule has 1 saturated heterocycles. The molecule has 0 spiro atoms. The number of halogens is 1. The van der Waals surface area contributed by atoms with E-state index in [9.17, 15) is 14.5 Å². The molecule has 0 aliphatic carbocycles. The van der Waals surface area contributed by atoms with E-state index < -0.39 is 10.7 Å². The topological polar surface area (TPSA) is 75.8 Å². The van der Waals surface area contributed by atoms with Crippen molar-refractivity contribution in [3.8, 4) is 0 Å². The summed E-state index contributed by atoms with van der Waals surface area (Å²) in [7, 11) is 0. The van der Waals surface area contributed by atoms with Gasteiger partial charge in [0.05, 0.1) is 29.8 Å². The number of nitro groups is 1. The van der Waals surface area contributed by atoms with Gasteiger partial charge in [-0.05, 0) is 18.6 Å². The van der Waals surface area contributed by atoms with Crippen molar-refractivity contribution in [1.29, 1.82) is 0 Å². The first-order chi connectivity index (χ1) is 9.47. The number of hydrogen-bond donors (Lipinski definition) is 1. The van der Waals surface area contributed by atoms with Crippen LogP contribution in [-0.2, 0) is 11.3 Å². The fourth-order valence-corrected chi connectivity index (χ4v) is 2.46. The molecular formula is C13H17FN2O4. The van der Waals surface area contributed by atoms with E-state index in [1.165, 1.54) is 12.1 Å². The summed E-state index contributed by atoms with van der Waals surface area (Å²) in [6, 6.07) is 3.57. The van der Waals surface area contributed by atoms with Gasteiger partial charge in [-0.3, -0.25) is 15.0 Å². The predicted molar refractivity (Wildman–Crippen MR) is 69.8 cm³/mol. The molecule has 2 atom stereocenters. The van der Waals surface area contributed by atoms with E-state index in [-0.39, 0.29) is 24.5 Å². The van der Waals surface area contributed by atoms with E-state index in [4.69, 9.17) is 9.84 Å². The Morgan fingerprint density at radius 2 is 2.25 bits per heavy atom. The monoisotopic (exact) mass is 284 g/mol. The molecule has 0 radical (unpaired) electrons. The highest BCUT2D eigenvalue weighted by Crippen LogP contribution is 2.19. The highest BCUT2D eigenvalue weighted by molar-refractivity contribution is 5.35. The summed E-state index contributed by atoms with van der Waals surface area (Å²) < 4.78 is 18.9. The molecule has 1 aromatic carbocycles. The molecular weight excluding hydrogens is 267 g/mol. The maximum Gasteiger partial charge on any atom is 0.272 e. The smallest absolute Gasteiger partial charge is 0.272 e. The van der Waals surface area contributed by atoms with E-state index in [1.54, 1.807) is 0 Å². The number of rotatable bonds is 4. The Balaban J connectivity index is 2.11. The number of nitrogens with zero attached hydrogens (tertiary/aromatic N) is 2. The number of aliphatic hydroxyl groups is 1. The molecule has 0 amide bonds. The lowest BCUT2D eigenvalue weighted by molar-refractivity contribution is -0.385. The zero-order valence-corrected chi connectivity index (χ0v) is 11.2. The largest absolute Gasteiger partial charge is 0.394 e. The molecule has 1 aromatic rings. The van der Waals surface area contributed by atoms with Crippen LogP contribution >= 0.6 is 0 Å². The maximum absolute atomic E-state index is 13.4. The Kier molecular flexibility index (Phi) is 4.64. The van der Waals surface area contributed by atoms with Crippen molar-refractivity contribution < 1.29 is 19.2 Å². The summed E-state index contributed by atoms with van der Waals surface area (Å²) in [5, 5.41) is 19.9. The highest BCUT2D eigenvalue weighted by atomic mass is 19.1. The van der Waals surface area contributed by atoms with Crippen molar-refractivity contribution in [2.24, 2.45) is 0 Å². The molecule has 1 heterocycles. The lowest BCUT2D eigenvalue weighted by atomic mass is 10.1. The summed E-state index contributed by atoms with van der Waals surface area (Å²) in [5.74, 6) is -0.616. The van der Waals surface area contributed by atoms with Gasteiger partial charge in [-0.1, -0.05) is 0 Å². The SMILES string of the molecule is CC1CN(Cc2cc(F)cc([N+](=O)[O-])c2)CC(CO)O1. The first-order valence-corrected chi connectivity index (χ1v) is 6.40. The minimum atomic E-state index is -0.616. The second kappa shape index (κ2) is 6.25. The number of benzene rings is 1. The Bertz CT molecular complexity index is 497. The zero-order chi connectivity index (χ0) is 14.7. The van der Waals surface area contributed by atoms with Crippen LogP contribution in [0.2, 0.25) is 0 Å². The van der Waals surface area contributed by atoms with Crippen LogP contribution in [0.1, 0.15) is 12.5 Å². The van der Waals surface area contributed by atoms with E-state index >= 15 is 0 Å². The van der Waals surface area contributed by atoms with Crippen molar-refractivity contribution in [2.75, 3.05) is 19.7 Å². The minimum Gasteiger partial charge on any atom is -0.394 e. The summed E-state index contributed by atoms with van der Waals surface area (Å²) in [5.41, 5.74) is 0.294. The summed E-state index contributed by atoms with van der Waals surface area (Å²) in [6.45, 7) is 3.36. The van der Waals surface area contributed by atoms with E-state index in [0.717, 1.165) is 6.07 Å². The summed E-state index contributed by atoms with van der Waals surface area (Å²) in [6.07, 6.45) is -0.313. The molecule has 0 saturated carbocycles. The molecule has 1 N–H and O–H groups in total. The van der Waals surface area contributed by atoms with Crippen LogP contribution in [0.4, 0.5) is 10.1 Å². The Labute approximate surface area is 115 Å². The maximum atomic E-state index is 13.4. The van der Waals surface area contributed by atoms with Crippen LogP contribution in [0, 0.1) is 15.9 Å². The third-order valence-electron chi connectivity index (χ3n) is 3.16.